The van der Waals surface area contributed by atoms with Gasteiger partial charge in [0.05, 0.1) is 32.0 Å². The molecule has 26 heavy (non-hydrogen) atoms. The third-order valence-corrected chi connectivity index (χ3v) is 4.63. The van der Waals surface area contributed by atoms with Gasteiger partial charge in [-0.2, -0.15) is 9.97 Å². The predicted octanol–water partition coefficient (Wildman–Crippen LogP) is -2.44. The molecule has 1 aromatic heterocycles. The number of hydrogen-bond donors (Lipinski definition) is 1. The summed E-state index contributed by atoms with van der Waals surface area (Å²) in [4.78, 5) is 16.1. The Hall–Kier alpha value is -0.710. The van der Waals surface area contributed by atoms with Gasteiger partial charge in [0.25, 0.3) is 0 Å². The highest BCUT2D eigenvalue weighted by atomic mass is 35.5. The molecule has 0 unspecified atom stereocenters. The molecule has 2 aliphatic heterocycles. The lowest BCUT2D eigenvalue weighted by Gasteiger charge is -2.27. The Labute approximate surface area is 165 Å². The number of rotatable bonds is 6. The Morgan fingerprint density at radius 3 is 2.42 bits per heavy atom. The summed E-state index contributed by atoms with van der Waals surface area (Å²) in [7, 11) is 0. The number of morpholine rings is 1. The molecule has 2 fully saturated rings. The van der Waals surface area contributed by atoms with Crippen molar-refractivity contribution >= 4 is 23.7 Å². The Balaban J connectivity index is 0.00000243. The Kier molecular flexibility index (Phi) is 8.31. The summed E-state index contributed by atoms with van der Waals surface area (Å²) >= 11 is 1.63. The fourth-order valence-corrected chi connectivity index (χ4v) is 3.40. The van der Waals surface area contributed by atoms with E-state index in [1.165, 1.54) is 0 Å². The van der Waals surface area contributed by atoms with Gasteiger partial charge in [0.2, 0.25) is 5.95 Å². The first-order chi connectivity index (χ1) is 12.0. The molecule has 148 valence electrons. The molecule has 0 amide bonds. The van der Waals surface area contributed by atoms with Gasteiger partial charge < -0.3 is 31.5 Å². The molecule has 0 spiro atoms. The highest BCUT2D eigenvalue weighted by Crippen LogP contribution is 2.21. The molecular weight excluding hydrogens is 378 g/mol. The topological polar surface area (TPSA) is 86.2 Å². The quantitative estimate of drug-likeness (QED) is 0.522. The molecule has 0 aliphatic carbocycles. The zero-order valence-corrected chi connectivity index (χ0v) is 17.2. The minimum atomic E-state index is -0.0892. The lowest BCUT2D eigenvalue weighted by Crippen LogP contribution is -3.00. The lowest BCUT2D eigenvalue weighted by molar-refractivity contribution is -0.648. The standard InChI is InChI=1S/C16H27N5O3S.ClH/c1-16(2,3)20-13-17-14(21-5-7-22-8-6-21)19-15(18-13)25-11-4-12-23-9-10-24-12;/h12H,4-11H2,1-3H3,(H,17,18,19,20);1H. The van der Waals surface area contributed by atoms with Gasteiger partial charge in [0, 0.05) is 25.3 Å². The Morgan fingerprint density at radius 1 is 1.08 bits per heavy atom. The average molecular weight is 406 g/mol. The second-order valence-corrected chi connectivity index (χ2v) is 8.26. The van der Waals surface area contributed by atoms with Crippen LogP contribution in [0.3, 0.4) is 0 Å². The summed E-state index contributed by atoms with van der Waals surface area (Å²) in [5.74, 6) is 2.33. The summed E-state index contributed by atoms with van der Waals surface area (Å²) in [6.07, 6.45) is 0.746. The van der Waals surface area contributed by atoms with Crippen LogP contribution in [-0.2, 0) is 14.2 Å². The van der Waals surface area contributed by atoms with Gasteiger partial charge in [-0.1, -0.05) is 11.8 Å². The molecular formula is C16H28ClN5O3S. The van der Waals surface area contributed by atoms with Crippen molar-refractivity contribution in [3.63, 3.8) is 0 Å². The number of halogens is 1. The average Bonchev–Trinajstić information content (AvgIpc) is 3.07. The Bertz CT molecular complexity index is 563. The van der Waals surface area contributed by atoms with E-state index in [0.717, 1.165) is 42.3 Å². The predicted molar refractivity (Wildman–Crippen MR) is 95.2 cm³/mol. The van der Waals surface area contributed by atoms with Gasteiger partial charge in [-0.15, -0.1) is 4.98 Å². The van der Waals surface area contributed by atoms with Gasteiger partial charge in [0.1, 0.15) is 0 Å². The summed E-state index contributed by atoms with van der Waals surface area (Å²) in [6.45, 7) is 10.9. The lowest BCUT2D eigenvalue weighted by atomic mass is 10.1. The van der Waals surface area contributed by atoms with Crippen molar-refractivity contribution in [2.24, 2.45) is 0 Å². The van der Waals surface area contributed by atoms with E-state index in [0.29, 0.717) is 26.4 Å². The third kappa shape index (κ3) is 6.79. The van der Waals surface area contributed by atoms with E-state index in [2.05, 4.69) is 45.9 Å². The minimum Gasteiger partial charge on any atom is -1.00 e. The molecule has 0 saturated carbocycles. The molecule has 3 rings (SSSR count). The van der Waals surface area contributed by atoms with E-state index in [1.54, 1.807) is 11.8 Å². The largest absolute Gasteiger partial charge is 1.00 e. The fourth-order valence-electron chi connectivity index (χ4n) is 2.60. The van der Waals surface area contributed by atoms with Crippen LogP contribution < -0.4 is 22.6 Å². The van der Waals surface area contributed by atoms with Gasteiger partial charge in [0.15, 0.2) is 11.4 Å². The molecule has 2 N–H and O–H groups in total. The van der Waals surface area contributed by atoms with E-state index in [9.17, 15) is 0 Å². The normalized spacial score (nSPS) is 18.8. The number of nitrogens with zero attached hydrogens (tertiary/aromatic N) is 4. The van der Waals surface area contributed by atoms with Crippen LogP contribution in [0.4, 0.5) is 11.9 Å². The van der Waals surface area contributed by atoms with Gasteiger partial charge in [-0.3, -0.25) is 5.32 Å². The number of nitrogens with two attached hydrogens (primary N) is 1. The highest BCUT2D eigenvalue weighted by molar-refractivity contribution is 7.99. The number of thioether (sulfide) groups is 1. The second-order valence-electron chi connectivity index (χ2n) is 7.19. The maximum absolute atomic E-state index is 5.48. The molecule has 0 radical (unpaired) electrons. The number of quaternary nitrogens is 1. The van der Waals surface area contributed by atoms with Crippen molar-refractivity contribution in [1.29, 1.82) is 0 Å². The first-order valence-electron chi connectivity index (χ1n) is 8.80. The Morgan fingerprint density at radius 2 is 1.77 bits per heavy atom. The van der Waals surface area contributed by atoms with Crippen LogP contribution in [-0.4, -0.2) is 72.1 Å². The van der Waals surface area contributed by atoms with Gasteiger partial charge in [-0.25, -0.2) is 0 Å². The van der Waals surface area contributed by atoms with E-state index in [4.69, 9.17) is 14.2 Å². The summed E-state index contributed by atoms with van der Waals surface area (Å²) in [6, 6.07) is 0. The zero-order valence-electron chi connectivity index (χ0n) is 15.6. The molecule has 0 aromatic carbocycles. The molecule has 8 nitrogen and oxygen atoms in total. The van der Waals surface area contributed by atoms with E-state index in [1.807, 2.05) is 0 Å². The van der Waals surface area contributed by atoms with Gasteiger partial charge in [-0.05, 0) is 20.8 Å². The molecule has 3 heterocycles. The van der Waals surface area contributed by atoms with E-state index < -0.39 is 0 Å². The molecule has 1 aromatic rings. The van der Waals surface area contributed by atoms with Crippen LogP contribution in [0.25, 0.3) is 0 Å². The first-order valence-corrected chi connectivity index (χ1v) is 9.79. The van der Waals surface area contributed by atoms with E-state index in [-0.39, 0.29) is 24.2 Å². The van der Waals surface area contributed by atoms with Crippen LogP contribution in [0.5, 0.6) is 0 Å². The summed E-state index contributed by atoms with van der Waals surface area (Å²) in [5, 5.41) is 2.84. The maximum atomic E-state index is 5.48. The smallest absolute Gasteiger partial charge is 0.331 e. The summed E-state index contributed by atoms with van der Waals surface area (Å²) < 4.78 is 16.4. The fraction of sp³-hybridized carbons (Fsp3) is 0.812. The van der Waals surface area contributed by atoms with Crippen LogP contribution >= 0.6 is 11.8 Å². The molecule has 2 aliphatic rings. The number of ether oxygens (including phenoxy) is 3. The van der Waals surface area contributed by atoms with Gasteiger partial charge >= 0.3 is 5.95 Å². The van der Waals surface area contributed by atoms with Crippen molar-refractivity contribution < 1.29 is 31.9 Å². The SMILES string of the molecule is CC(C)(C)[NH2+]c1nc(SCCC2OCCO2)nc(N2CCOCC2)n1.[Cl-]. The van der Waals surface area contributed by atoms with Crippen molar-refractivity contribution in [3.8, 4) is 0 Å². The number of aromatic nitrogens is 3. The zero-order chi connectivity index (χ0) is 17.7. The molecule has 10 heteroatoms. The maximum Gasteiger partial charge on any atom is 0.331 e. The number of anilines is 1. The van der Waals surface area contributed by atoms with Crippen molar-refractivity contribution in [2.75, 3.05) is 50.2 Å². The first kappa shape index (κ1) is 21.6. The summed E-state index contributed by atoms with van der Waals surface area (Å²) in [5.41, 5.74) is 0.0110. The molecule has 2 saturated heterocycles. The van der Waals surface area contributed by atoms with Crippen molar-refractivity contribution in [1.82, 2.24) is 15.0 Å². The highest BCUT2D eigenvalue weighted by Gasteiger charge is 2.22. The van der Waals surface area contributed by atoms with Crippen LogP contribution in [0.1, 0.15) is 27.2 Å². The van der Waals surface area contributed by atoms with Crippen molar-refractivity contribution in [3.05, 3.63) is 0 Å². The molecule has 0 atom stereocenters. The van der Waals surface area contributed by atoms with Crippen molar-refractivity contribution in [2.45, 2.75) is 44.2 Å². The van der Waals surface area contributed by atoms with Crippen LogP contribution in [0, 0.1) is 0 Å². The second kappa shape index (κ2) is 10.0. The monoisotopic (exact) mass is 405 g/mol. The van der Waals surface area contributed by atoms with Crippen LogP contribution in [0.15, 0.2) is 5.16 Å². The molecule has 0 bridgehead atoms. The number of hydrogen-bond acceptors (Lipinski definition) is 8. The van der Waals surface area contributed by atoms with Crippen LogP contribution in [0.2, 0.25) is 0 Å². The van der Waals surface area contributed by atoms with E-state index >= 15 is 0 Å². The third-order valence-electron chi connectivity index (χ3n) is 3.75. The minimum absolute atomic E-state index is 0.